The summed E-state index contributed by atoms with van der Waals surface area (Å²) in [4.78, 5) is 107. The molecule has 24 nitrogen and oxygen atoms in total. The molecule has 4 atom stereocenters. The molecule has 12 aliphatic rings. The van der Waals surface area contributed by atoms with Crippen molar-refractivity contribution in [1.29, 1.82) is 0 Å². The van der Waals surface area contributed by atoms with E-state index in [9.17, 15) is 46.8 Å². The SMILES string of the molecule is CC(=O)N1CCC(C(C)C)CC1.CC(C)(C)OC(=O)N1CCC[C@H]1C(=O)N1CCC(C(C)(C)C)CC1.CC(C)C1CCC(CC(=O)OCC2CC2)CC1.CC(C)C1CCC(N(C)S(C)(=O)=O)CC1.CC(C)C1CCC(NC(=O)OC(C)(C)C)C1.CC(C)C1CCN(C(=O)[C@@H]2CCCN2C(C)C)CC1.CC1CCC(CC(=O)OC2CCNCC2)CC1.COC(=O)N(C)C1CCC(C(C)C)CC1. The van der Waals surface area contributed by atoms with E-state index in [4.69, 9.17) is 23.7 Å². The number of hydrogen-bond donors (Lipinski definition) is 2. The number of carbonyl (C=O) groups is 8. The molecule has 786 valence electrons. The molecule has 25 heteroatoms. The molecular weight excluding hydrogens is 1720 g/mol. The Hall–Kier alpha value is -5.01. The summed E-state index contributed by atoms with van der Waals surface area (Å²) in [5.74, 6) is 13.7. The highest BCUT2D eigenvalue weighted by molar-refractivity contribution is 7.88. The van der Waals surface area contributed by atoms with Gasteiger partial charge in [0.15, 0.2) is 0 Å². The molecule has 6 heterocycles. The third-order valence-corrected chi connectivity index (χ3v) is 33.7. The maximum absolute atomic E-state index is 12.9. The highest BCUT2D eigenvalue weighted by atomic mass is 32.2. The minimum Gasteiger partial charge on any atom is -0.465 e. The Morgan fingerprint density at radius 3 is 1.27 bits per heavy atom. The average molecular weight is 1930 g/mol. The van der Waals surface area contributed by atoms with E-state index < -0.39 is 21.2 Å². The number of nitrogens with zero attached hydrogens (tertiary/aromatic N) is 7. The van der Waals surface area contributed by atoms with E-state index >= 15 is 0 Å². The third-order valence-electron chi connectivity index (χ3n) is 32.4. The molecule has 12 rings (SSSR count). The van der Waals surface area contributed by atoms with Crippen LogP contribution in [-0.4, -0.2) is 243 Å². The molecule has 6 aliphatic heterocycles. The Morgan fingerprint density at radius 2 is 0.844 bits per heavy atom. The lowest BCUT2D eigenvalue weighted by Crippen LogP contribution is -2.51. The van der Waals surface area contributed by atoms with Crippen molar-refractivity contribution in [2.24, 2.45) is 106 Å². The zero-order valence-corrected chi connectivity index (χ0v) is 92.4. The van der Waals surface area contributed by atoms with Crippen LogP contribution in [0.1, 0.15) is 398 Å². The second-order valence-electron chi connectivity index (χ2n) is 48.6. The largest absolute Gasteiger partial charge is 0.465 e. The lowest BCUT2D eigenvalue weighted by Gasteiger charge is -2.40. The fraction of sp³-hybridized carbons (Fsp3) is 0.927. The number of carbonyl (C=O) groups excluding carboxylic acids is 8. The normalized spacial score (nSPS) is 26.5. The summed E-state index contributed by atoms with van der Waals surface area (Å²) in [6.45, 7) is 63.7. The van der Waals surface area contributed by atoms with Crippen LogP contribution in [0.25, 0.3) is 0 Å². The highest BCUT2D eigenvalue weighted by Crippen LogP contribution is 2.41. The predicted molar refractivity (Wildman–Crippen MR) is 549 cm³/mol. The van der Waals surface area contributed by atoms with Crippen LogP contribution in [0.5, 0.6) is 0 Å². The van der Waals surface area contributed by atoms with E-state index in [1.807, 2.05) is 58.4 Å². The van der Waals surface area contributed by atoms with Gasteiger partial charge in [-0.25, -0.2) is 27.1 Å². The van der Waals surface area contributed by atoms with Gasteiger partial charge >= 0.3 is 30.2 Å². The van der Waals surface area contributed by atoms with E-state index in [2.05, 4.69) is 145 Å². The number of hydrogen-bond acceptors (Lipinski definition) is 17. The Morgan fingerprint density at radius 1 is 0.444 bits per heavy atom. The van der Waals surface area contributed by atoms with Gasteiger partial charge in [-0.05, 0) is 380 Å². The summed E-state index contributed by atoms with van der Waals surface area (Å²) in [7, 11) is 1.98. The van der Waals surface area contributed by atoms with Crippen LogP contribution in [0.4, 0.5) is 14.4 Å². The number of amides is 6. The van der Waals surface area contributed by atoms with Gasteiger partial charge in [0.05, 0.1) is 26.0 Å². The second kappa shape index (κ2) is 59.2. The first-order valence-corrected chi connectivity index (χ1v) is 56.4. The van der Waals surface area contributed by atoms with Crippen LogP contribution in [0.3, 0.4) is 0 Å². The number of likely N-dealkylation sites (tertiary alicyclic amines) is 5. The quantitative estimate of drug-likeness (QED) is 0.0847. The molecule has 0 radical (unpaired) electrons. The number of esters is 2. The number of piperidine rings is 4. The fourth-order valence-corrected chi connectivity index (χ4v) is 22.9. The van der Waals surface area contributed by atoms with Crippen LogP contribution >= 0.6 is 0 Å². The second-order valence-corrected chi connectivity index (χ2v) is 50.6. The van der Waals surface area contributed by atoms with Crippen molar-refractivity contribution in [3.63, 3.8) is 0 Å². The third kappa shape index (κ3) is 45.4. The summed E-state index contributed by atoms with van der Waals surface area (Å²) in [6, 6.07) is 1.23. The van der Waals surface area contributed by atoms with Crippen molar-refractivity contribution < 1.29 is 70.5 Å². The number of sulfonamides is 1. The molecule has 0 aromatic rings. The van der Waals surface area contributed by atoms with Crippen molar-refractivity contribution in [2.75, 3.05) is 99.5 Å². The van der Waals surface area contributed by atoms with E-state index in [1.165, 1.54) is 142 Å². The predicted octanol–water partition coefficient (Wildman–Crippen LogP) is 22.9. The van der Waals surface area contributed by atoms with Gasteiger partial charge in [-0.2, -0.15) is 0 Å². The Bertz CT molecular complexity index is 3510. The lowest BCUT2D eigenvalue weighted by molar-refractivity contribution is -0.151. The summed E-state index contributed by atoms with van der Waals surface area (Å²) < 4.78 is 50.6. The smallest absolute Gasteiger partial charge is 0.410 e. The minimum atomic E-state index is -3.01. The summed E-state index contributed by atoms with van der Waals surface area (Å²) in [5.41, 5.74) is -0.635. The minimum absolute atomic E-state index is 0.0384. The summed E-state index contributed by atoms with van der Waals surface area (Å²) in [5, 5.41) is 6.24. The molecule has 2 N–H and O–H groups in total. The molecule has 0 aromatic heterocycles. The maximum Gasteiger partial charge on any atom is 0.410 e. The number of rotatable bonds is 20. The molecule has 6 amide bonds. The molecule has 135 heavy (non-hydrogen) atoms. The number of ether oxygens (including phenoxy) is 5. The first-order chi connectivity index (χ1) is 63.1. The number of nitrogens with one attached hydrogen (secondary N) is 2. The number of alkyl carbamates (subject to hydrolysis) is 1. The standard InChI is InChI=1S/C19H34N2O3.C16H30N2O.C15H26O2.C14H25NO2.C13H25NO2.C12H23NO2.C11H23NO2S.C10H19NO/c1-18(2,3)14-9-12-20(13-10-14)16(22)15-8-7-11-21(15)17(23)24-19(4,5)6;1-12(2)14-7-10-17(11-8-14)16(19)15-6-5-9-18(15)13(3)4;1-11(2)14-7-5-12(6-8-14)9-15(16)17-10-13-3-4-13;1-11-2-4-12(5-3-11)10-14(16)17-13-6-8-15-9-7-13;1-9(2)10-6-7-11(8-10)14-12(15)16-13(3,4)5;1-9(2)10-5-7-11(8-6-10)13(3)12(14)15-4;1-9(2)10-5-7-11(8-6-10)12(3)15(4,13)14;1-8(2)10-4-6-11(7-5-10)9(3)12/h14-15H,7-13H2,1-6H3;12-15H,5-11H2,1-4H3;11-14H,3-10H2,1-2H3;11-13,15H,2-10H2,1H3;9-11H,6-8H2,1-5H3,(H,14,15);2*9-11H,5-8H2,1-4H3;8,10H,4-7H2,1-3H3/t2*15-;;;;;;/m00....../s1. The van der Waals surface area contributed by atoms with Gasteiger partial charge in [-0.1, -0.05) is 124 Å². The van der Waals surface area contributed by atoms with Gasteiger partial charge in [-0.15, -0.1) is 0 Å². The van der Waals surface area contributed by atoms with E-state index in [1.54, 1.807) is 28.1 Å². The van der Waals surface area contributed by atoms with Gasteiger partial charge in [-0.3, -0.25) is 33.8 Å². The molecule has 6 saturated carbocycles. The van der Waals surface area contributed by atoms with Crippen LogP contribution < -0.4 is 10.6 Å². The number of methoxy groups -OCH3 is 1. The summed E-state index contributed by atoms with van der Waals surface area (Å²) >= 11 is 0. The molecule has 2 unspecified atom stereocenters. The van der Waals surface area contributed by atoms with Crippen LogP contribution in [0, 0.1) is 106 Å². The van der Waals surface area contributed by atoms with Gasteiger partial charge in [0, 0.05) is 104 Å². The van der Waals surface area contributed by atoms with Crippen molar-refractivity contribution in [1.82, 2.24) is 44.3 Å². The van der Waals surface area contributed by atoms with Crippen LogP contribution in [-0.2, 0) is 57.7 Å². The molecule has 0 spiro atoms. The lowest BCUT2D eigenvalue weighted by atomic mass is 9.75. The zero-order chi connectivity index (χ0) is 101. The van der Waals surface area contributed by atoms with Gasteiger partial charge in [0.25, 0.3) is 0 Å². The van der Waals surface area contributed by atoms with Crippen molar-refractivity contribution in [3.8, 4) is 0 Å². The Kier molecular flexibility index (Phi) is 52.8. The molecule has 12 fully saturated rings. The van der Waals surface area contributed by atoms with E-state index in [-0.39, 0.29) is 66.3 Å². The zero-order valence-electron chi connectivity index (χ0n) is 91.5. The molecular formula is C110H205N9O15S. The first-order valence-electron chi connectivity index (χ1n) is 54.5. The van der Waals surface area contributed by atoms with Crippen LogP contribution in [0.2, 0.25) is 0 Å². The highest BCUT2D eigenvalue weighted by Gasteiger charge is 2.43. The Labute approximate surface area is 825 Å². The van der Waals surface area contributed by atoms with Crippen molar-refractivity contribution in [3.05, 3.63) is 0 Å². The van der Waals surface area contributed by atoms with Crippen molar-refractivity contribution in [2.45, 2.75) is 451 Å². The first kappa shape index (κ1) is 120. The van der Waals surface area contributed by atoms with Crippen LogP contribution in [0.15, 0.2) is 0 Å². The van der Waals surface area contributed by atoms with Crippen molar-refractivity contribution >= 4 is 58.0 Å². The molecule has 6 aliphatic carbocycles. The molecule has 0 aromatic carbocycles. The van der Waals surface area contributed by atoms with Gasteiger partial charge in [0.1, 0.15) is 23.3 Å². The van der Waals surface area contributed by atoms with E-state index in [0.717, 1.165) is 213 Å². The molecule has 6 saturated heterocycles. The van der Waals surface area contributed by atoms with E-state index in [0.29, 0.717) is 85.0 Å². The monoisotopic (exact) mass is 1920 g/mol. The fourth-order valence-electron chi connectivity index (χ4n) is 22.1. The van der Waals surface area contributed by atoms with Gasteiger partial charge in [0.2, 0.25) is 27.7 Å². The molecule has 0 bridgehead atoms. The maximum atomic E-state index is 12.9. The summed E-state index contributed by atoms with van der Waals surface area (Å²) in [6.07, 6.45) is 39.7. The topological polar surface area (TPSA) is 264 Å². The average Bonchev–Trinajstić information content (AvgIpc) is 1.73. The Balaban J connectivity index is 0.000000274. The van der Waals surface area contributed by atoms with Gasteiger partial charge < -0.3 is 53.9 Å².